The number of hydrogen-bond acceptors (Lipinski definition) is 6. The first kappa shape index (κ1) is 22.1. The van der Waals surface area contributed by atoms with Gasteiger partial charge in [-0.25, -0.2) is 0 Å². The minimum atomic E-state index is -0.638. The van der Waals surface area contributed by atoms with E-state index < -0.39 is 11.9 Å². The Balaban J connectivity index is 1.20. The third-order valence-electron chi connectivity index (χ3n) is 6.55. The third kappa shape index (κ3) is 4.38. The van der Waals surface area contributed by atoms with E-state index in [9.17, 15) is 19.2 Å². The number of fused-ring (bicyclic) bond motifs is 1. The number of amides is 4. The van der Waals surface area contributed by atoms with E-state index in [4.69, 9.17) is 4.74 Å². The van der Waals surface area contributed by atoms with Crippen LogP contribution in [0.4, 0.5) is 5.69 Å². The van der Waals surface area contributed by atoms with Crippen molar-refractivity contribution in [2.45, 2.75) is 32.0 Å². The van der Waals surface area contributed by atoms with Crippen molar-refractivity contribution in [1.82, 2.24) is 15.5 Å². The van der Waals surface area contributed by atoms with E-state index in [1.54, 1.807) is 6.07 Å². The van der Waals surface area contributed by atoms with Crippen LogP contribution in [0.25, 0.3) is 0 Å². The van der Waals surface area contributed by atoms with Gasteiger partial charge in [-0.15, -0.1) is 0 Å². The van der Waals surface area contributed by atoms with E-state index in [1.165, 1.54) is 4.90 Å². The molecule has 9 heteroatoms. The van der Waals surface area contributed by atoms with Gasteiger partial charge in [0.1, 0.15) is 6.04 Å². The number of nitrogens with zero attached hydrogens (tertiary/aromatic N) is 2. The highest BCUT2D eigenvalue weighted by Crippen LogP contribution is 2.28. The maximum atomic E-state index is 12.8. The number of carbonyl (C=O) groups excluding carboxylic acids is 4. The number of imide groups is 1. The van der Waals surface area contributed by atoms with Crippen LogP contribution in [-0.4, -0.2) is 60.9 Å². The van der Waals surface area contributed by atoms with Crippen LogP contribution in [0.15, 0.2) is 42.5 Å². The second-order valence-corrected chi connectivity index (χ2v) is 8.72. The molecule has 34 heavy (non-hydrogen) atoms. The van der Waals surface area contributed by atoms with Crippen molar-refractivity contribution in [3.8, 4) is 0 Å². The Labute approximate surface area is 197 Å². The molecule has 176 valence electrons. The number of benzene rings is 2. The van der Waals surface area contributed by atoms with Gasteiger partial charge < -0.3 is 19.9 Å². The predicted molar refractivity (Wildman–Crippen MR) is 123 cm³/mol. The molecule has 0 spiro atoms. The molecule has 2 aromatic rings. The van der Waals surface area contributed by atoms with Crippen molar-refractivity contribution in [3.63, 3.8) is 0 Å². The summed E-state index contributed by atoms with van der Waals surface area (Å²) in [6.45, 7) is 3.73. The third-order valence-corrected chi connectivity index (χ3v) is 6.55. The molecule has 0 saturated carbocycles. The van der Waals surface area contributed by atoms with Crippen molar-refractivity contribution in [2.24, 2.45) is 0 Å². The molecule has 2 fully saturated rings. The zero-order valence-corrected chi connectivity index (χ0v) is 18.7. The molecule has 0 aliphatic carbocycles. The van der Waals surface area contributed by atoms with Crippen molar-refractivity contribution < 1.29 is 23.9 Å². The highest BCUT2D eigenvalue weighted by molar-refractivity contribution is 6.05. The molecule has 4 amide bonds. The monoisotopic (exact) mass is 462 g/mol. The van der Waals surface area contributed by atoms with Gasteiger partial charge in [0.2, 0.25) is 11.8 Å². The van der Waals surface area contributed by atoms with Gasteiger partial charge in [0.15, 0.2) is 0 Å². The standard InChI is InChI=1S/C25H26N4O5/c30-22-8-7-21(24(32)27-22)29-15-18-13-16(1-6-20(18)25(29)33)14-26-23(31)17-2-4-19(5-3-17)28-9-11-34-12-10-28/h1-6,13,21H,7-12,14-15H2,(H,26,31)(H,27,30,32). The van der Waals surface area contributed by atoms with E-state index in [2.05, 4.69) is 15.5 Å². The lowest BCUT2D eigenvalue weighted by Crippen LogP contribution is -2.52. The molecule has 2 N–H and O–H groups in total. The number of rotatable bonds is 5. The smallest absolute Gasteiger partial charge is 0.255 e. The van der Waals surface area contributed by atoms with Gasteiger partial charge in [0.05, 0.1) is 13.2 Å². The van der Waals surface area contributed by atoms with E-state index in [0.717, 1.165) is 29.9 Å². The molecule has 2 saturated heterocycles. The van der Waals surface area contributed by atoms with Gasteiger partial charge >= 0.3 is 0 Å². The number of hydrogen-bond donors (Lipinski definition) is 2. The van der Waals surface area contributed by atoms with Gasteiger partial charge in [-0.1, -0.05) is 12.1 Å². The van der Waals surface area contributed by atoms with Crippen LogP contribution in [0.3, 0.4) is 0 Å². The van der Waals surface area contributed by atoms with Crippen LogP contribution in [0.5, 0.6) is 0 Å². The number of piperidine rings is 1. The average molecular weight is 463 g/mol. The average Bonchev–Trinajstić information content (AvgIpc) is 3.18. The first-order valence-corrected chi connectivity index (χ1v) is 11.5. The first-order chi connectivity index (χ1) is 16.5. The summed E-state index contributed by atoms with van der Waals surface area (Å²) in [4.78, 5) is 52.8. The Morgan fingerprint density at radius 1 is 1.06 bits per heavy atom. The van der Waals surface area contributed by atoms with E-state index in [1.807, 2.05) is 36.4 Å². The minimum absolute atomic E-state index is 0.171. The Bertz CT molecular complexity index is 1140. The molecule has 3 aliphatic rings. The molecular weight excluding hydrogens is 436 g/mol. The maximum Gasteiger partial charge on any atom is 0.255 e. The lowest BCUT2D eigenvalue weighted by atomic mass is 10.0. The summed E-state index contributed by atoms with van der Waals surface area (Å²) in [7, 11) is 0. The second kappa shape index (κ2) is 9.26. The van der Waals surface area contributed by atoms with Gasteiger partial charge in [-0.05, 0) is 47.9 Å². The van der Waals surface area contributed by atoms with Crippen molar-refractivity contribution >= 4 is 29.3 Å². The van der Waals surface area contributed by atoms with Crippen molar-refractivity contribution in [2.75, 3.05) is 31.2 Å². The maximum absolute atomic E-state index is 12.8. The van der Waals surface area contributed by atoms with Crippen LogP contribution < -0.4 is 15.5 Å². The summed E-state index contributed by atoms with van der Waals surface area (Å²) < 4.78 is 5.38. The second-order valence-electron chi connectivity index (χ2n) is 8.72. The van der Waals surface area contributed by atoms with E-state index in [-0.39, 0.29) is 24.1 Å². The van der Waals surface area contributed by atoms with Crippen LogP contribution in [0.2, 0.25) is 0 Å². The number of ether oxygens (including phenoxy) is 1. The Kier molecular flexibility index (Phi) is 6.02. The number of carbonyl (C=O) groups is 4. The van der Waals surface area contributed by atoms with E-state index in [0.29, 0.717) is 43.9 Å². The van der Waals surface area contributed by atoms with Gasteiger partial charge in [0.25, 0.3) is 11.8 Å². The SMILES string of the molecule is O=C1CCC(N2Cc3cc(CNC(=O)c4ccc(N5CCOCC5)cc4)ccc3C2=O)C(=O)N1. The molecule has 5 rings (SSSR count). The topological polar surface area (TPSA) is 108 Å². The molecule has 1 unspecified atom stereocenters. The Morgan fingerprint density at radius 3 is 2.56 bits per heavy atom. The summed E-state index contributed by atoms with van der Waals surface area (Å²) in [6.07, 6.45) is 0.554. The predicted octanol–water partition coefficient (Wildman–Crippen LogP) is 1.21. The van der Waals surface area contributed by atoms with Gasteiger partial charge in [-0.3, -0.25) is 24.5 Å². The van der Waals surface area contributed by atoms with E-state index >= 15 is 0 Å². The Morgan fingerprint density at radius 2 is 1.82 bits per heavy atom. The fourth-order valence-electron chi connectivity index (χ4n) is 4.67. The molecule has 3 aliphatic heterocycles. The summed E-state index contributed by atoms with van der Waals surface area (Å²) in [5, 5.41) is 5.24. The summed E-state index contributed by atoms with van der Waals surface area (Å²) in [5.41, 5.74) is 3.89. The zero-order valence-electron chi connectivity index (χ0n) is 18.7. The molecule has 3 heterocycles. The molecule has 2 aromatic carbocycles. The quantitative estimate of drug-likeness (QED) is 0.647. The lowest BCUT2D eigenvalue weighted by Gasteiger charge is -2.29. The van der Waals surface area contributed by atoms with Crippen LogP contribution in [-0.2, 0) is 27.4 Å². The number of nitrogens with one attached hydrogen (secondary N) is 2. The molecule has 0 radical (unpaired) electrons. The van der Waals surface area contributed by atoms with Crippen LogP contribution >= 0.6 is 0 Å². The fourth-order valence-corrected chi connectivity index (χ4v) is 4.67. The normalized spacial score (nSPS) is 20.2. The highest BCUT2D eigenvalue weighted by Gasteiger charge is 2.39. The number of anilines is 1. The molecule has 9 nitrogen and oxygen atoms in total. The fraction of sp³-hybridized carbons (Fsp3) is 0.360. The van der Waals surface area contributed by atoms with Crippen molar-refractivity contribution in [1.29, 1.82) is 0 Å². The highest BCUT2D eigenvalue weighted by atomic mass is 16.5. The first-order valence-electron chi connectivity index (χ1n) is 11.5. The largest absolute Gasteiger partial charge is 0.378 e. The zero-order chi connectivity index (χ0) is 23.7. The molecule has 1 atom stereocenters. The van der Waals surface area contributed by atoms with Crippen LogP contribution in [0, 0.1) is 0 Å². The molecular formula is C25H26N4O5. The number of morpholine rings is 1. The summed E-state index contributed by atoms with van der Waals surface area (Å²) in [5.74, 6) is -1.11. The Hall–Kier alpha value is -3.72. The van der Waals surface area contributed by atoms with Crippen LogP contribution in [0.1, 0.15) is 44.7 Å². The molecule has 0 bridgehead atoms. The van der Waals surface area contributed by atoms with Gasteiger partial charge in [-0.2, -0.15) is 0 Å². The molecule has 0 aromatic heterocycles. The van der Waals surface area contributed by atoms with Crippen molar-refractivity contribution in [3.05, 3.63) is 64.7 Å². The lowest BCUT2D eigenvalue weighted by molar-refractivity contribution is -0.136. The summed E-state index contributed by atoms with van der Waals surface area (Å²) >= 11 is 0. The summed E-state index contributed by atoms with van der Waals surface area (Å²) in [6, 6.07) is 12.3. The minimum Gasteiger partial charge on any atom is -0.378 e. The van der Waals surface area contributed by atoms with Gasteiger partial charge in [0, 0.05) is 49.4 Å².